The third-order valence-corrected chi connectivity index (χ3v) is 2.27. The quantitative estimate of drug-likeness (QED) is 0.456. The Morgan fingerprint density at radius 3 is 2.32 bits per heavy atom. The molecule has 8 heteroatoms. The predicted octanol–water partition coefficient (Wildman–Crippen LogP) is 2.67. The standard InChI is InChI=1S/C11H8F4N4/c12-5-2-1-3-8(9(5)15)17-10-6(13)4-7(14)11(18-10)19-16/h1-4H,16H2,(H2,17,18,19). The van der Waals surface area contributed by atoms with E-state index in [9.17, 15) is 17.6 Å². The molecule has 0 radical (unpaired) electrons. The zero-order valence-corrected chi connectivity index (χ0v) is 9.35. The number of aromatic nitrogens is 1. The van der Waals surface area contributed by atoms with Gasteiger partial charge in [-0.25, -0.2) is 28.4 Å². The molecule has 0 atom stereocenters. The highest BCUT2D eigenvalue weighted by Crippen LogP contribution is 2.24. The third kappa shape index (κ3) is 2.58. The number of hydrazine groups is 1. The number of anilines is 3. The van der Waals surface area contributed by atoms with Gasteiger partial charge in [0.05, 0.1) is 5.69 Å². The number of hydrogen-bond donors (Lipinski definition) is 3. The van der Waals surface area contributed by atoms with Crippen LogP contribution in [-0.2, 0) is 0 Å². The molecule has 1 heterocycles. The highest BCUT2D eigenvalue weighted by molar-refractivity contribution is 5.59. The van der Waals surface area contributed by atoms with E-state index in [0.29, 0.717) is 6.07 Å². The number of rotatable bonds is 3. The van der Waals surface area contributed by atoms with E-state index in [1.807, 2.05) is 5.43 Å². The maximum Gasteiger partial charge on any atom is 0.182 e. The molecule has 1 aromatic heterocycles. The summed E-state index contributed by atoms with van der Waals surface area (Å²) >= 11 is 0. The fourth-order valence-electron chi connectivity index (χ4n) is 1.38. The van der Waals surface area contributed by atoms with Crippen molar-refractivity contribution in [2.24, 2.45) is 5.84 Å². The third-order valence-electron chi connectivity index (χ3n) is 2.27. The highest BCUT2D eigenvalue weighted by atomic mass is 19.2. The summed E-state index contributed by atoms with van der Waals surface area (Å²) in [5.41, 5.74) is 1.58. The van der Waals surface area contributed by atoms with Crippen molar-refractivity contribution in [1.29, 1.82) is 0 Å². The minimum Gasteiger partial charge on any atom is -0.335 e. The van der Waals surface area contributed by atoms with Crippen molar-refractivity contribution in [2.45, 2.75) is 0 Å². The second-order valence-corrected chi connectivity index (χ2v) is 3.52. The van der Waals surface area contributed by atoms with Crippen LogP contribution < -0.4 is 16.6 Å². The lowest BCUT2D eigenvalue weighted by molar-refractivity contribution is 0.511. The zero-order valence-electron chi connectivity index (χ0n) is 9.35. The van der Waals surface area contributed by atoms with Crippen molar-refractivity contribution in [3.05, 3.63) is 47.5 Å². The van der Waals surface area contributed by atoms with Crippen LogP contribution in [0.2, 0.25) is 0 Å². The molecule has 19 heavy (non-hydrogen) atoms. The summed E-state index contributed by atoms with van der Waals surface area (Å²) in [5, 5.41) is 2.22. The largest absolute Gasteiger partial charge is 0.335 e. The molecule has 0 aliphatic rings. The summed E-state index contributed by atoms with van der Waals surface area (Å²) in [7, 11) is 0. The summed E-state index contributed by atoms with van der Waals surface area (Å²) in [5.74, 6) is -0.321. The summed E-state index contributed by atoms with van der Waals surface area (Å²) in [4.78, 5) is 3.47. The van der Waals surface area contributed by atoms with Crippen LogP contribution >= 0.6 is 0 Å². The van der Waals surface area contributed by atoms with Crippen molar-refractivity contribution in [2.75, 3.05) is 10.7 Å². The van der Waals surface area contributed by atoms with Crippen molar-refractivity contribution in [3.8, 4) is 0 Å². The molecule has 0 bridgehead atoms. The maximum absolute atomic E-state index is 13.4. The molecule has 4 N–H and O–H groups in total. The Morgan fingerprint density at radius 1 is 0.947 bits per heavy atom. The first-order valence-electron chi connectivity index (χ1n) is 5.06. The van der Waals surface area contributed by atoms with Crippen molar-refractivity contribution >= 4 is 17.3 Å². The molecule has 0 unspecified atom stereocenters. The van der Waals surface area contributed by atoms with Gasteiger partial charge in [0.1, 0.15) is 0 Å². The first kappa shape index (κ1) is 13.1. The van der Waals surface area contributed by atoms with E-state index in [2.05, 4.69) is 10.3 Å². The van der Waals surface area contributed by atoms with Gasteiger partial charge in [-0.05, 0) is 12.1 Å². The number of hydrogen-bond acceptors (Lipinski definition) is 4. The monoisotopic (exact) mass is 272 g/mol. The van der Waals surface area contributed by atoms with Gasteiger partial charge >= 0.3 is 0 Å². The number of nitrogen functional groups attached to an aromatic ring is 1. The van der Waals surface area contributed by atoms with Crippen LogP contribution in [0.25, 0.3) is 0 Å². The van der Waals surface area contributed by atoms with E-state index in [1.165, 1.54) is 12.1 Å². The van der Waals surface area contributed by atoms with Crippen LogP contribution in [0.3, 0.4) is 0 Å². The van der Waals surface area contributed by atoms with Crippen molar-refractivity contribution in [3.63, 3.8) is 0 Å². The molecule has 0 aliphatic heterocycles. The molecular weight excluding hydrogens is 264 g/mol. The van der Waals surface area contributed by atoms with E-state index >= 15 is 0 Å². The van der Waals surface area contributed by atoms with Crippen molar-refractivity contribution in [1.82, 2.24) is 4.98 Å². The number of benzene rings is 1. The fourth-order valence-corrected chi connectivity index (χ4v) is 1.38. The number of nitrogens with zero attached hydrogens (tertiary/aromatic N) is 1. The van der Waals surface area contributed by atoms with Gasteiger partial charge < -0.3 is 10.7 Å². The van der Waals surface area contributed by atoms with Gasteiger partial charge in [0, 0.05) is 6.07 Å². The average molecular weight is 272 g/mol. The van der Waals surface area contributed by atoms with Crippen LogP contribution in [0.5, 0.6) is 0 Å². The number of nitrogens with one attached hydrogen (secondary N) is 2. The summed E-state index contributed by atoms with van der Waals surface area (Å²) in [6.45, 7) is 0. The maximum atomic E-state index is 13.4. The second kappa shape index (κ2) is 5.11. The van der Waals surface area contributed by atoms with Crippen LogP contribution in [-0.4, -0.2) is 4.98 Å². The van der Waals surface area contributed by atoms with Gasteiger partial charge in [-0.15, -0.1) is 0 Å². The molecule has 0 aliphatic carbocycles. The van der Waals surface area contributed by atoms with Gasteiger partial charge in [-0.2, -0.15) is 0 Å². The van der Waals surface area contributed by atoms with E-state index in [-0.39, 0.29) is 5.69 Å². The van der Waals surface area contributed by atoms with Crippen LogP contribution in [0.4, 0.5) is 34.9 Å². The Morgan fingerprint density at radius 2 is 1.63 bits per heavy atom. The first-order valence-corrected chi connectivity index (χ1v) is 5.06. The Balaban J connectivity index is 2.41. The first-order chi connectivity index (χ1) is 9.02. The molecule has 0 saturated heterocycles. The van der Waals surface area contributed by atoms with E-state index in [1.54, 1.807) is 0 Å². The predicted molar refractivity (Wildman–Crippen MR) is 61.6 cm³/mol. The Kier molecular flexibility index (Phi) is 3.52. The van der Waals surface area contributed by atoms with Crippen LogP contribution in [0, 0.1) is 23.3 Å². The fraction of sp³-hybridized carbons (Fsp3) is 0. The summed E-state index contributed by atoms with van der Waals surface area (Å²) in [6.07, 6.45) is 0. The van der Waals surface area contributed by atoms with E-state index in [4.69, 9.17) is 5.84 Å². The Bertz CT molecular complexity index is 618. The lowest BCUT2D eigenvalue weighted by Crippen LogP contribution is -2.12. The smallest absolute Gasteiger partial charge is 0.182 e. The minimum atomic E-state index is -1.20. The average Bonchev–Trinajstić information content (AvgIpc) is 2.38. The molecule has 0 amide bonds. The molecule has 0 spiro atoms. The summed E-state index contributed by atoms with van der Waals surface area (Å²) < 4.78 is 52.9. The molecule has 0 saturated carbocycles. The lowest BCUT2D eigenvalue weighted by Gasteiger charge is -2.10. The van der Waals surface area contributed by atoms with Gasteiger partial charge in [-0.3, -0.25) is 0 Å². The lowest BCUT2D eigenvalue weighted by atomic mass is 10.3. The molecule has 100 valence electrons. The molecule has 1 aromatic carbocycles. The molecular formula is C11H8F4N4. The Hall–Kier alpha value is -2.35. The van der Waals surface area contributed by atoms with Gasteiger partial charge in [0.2, 0.25) is 0 Å². The number of nitrogens with two attached hydrogens (primary N) is 1. The van der Waals surface area contributed by atoms with Crippen LogP contribution in [0.1, 0.15) is 0 Å². The summed E-state index contributed by atoms with van der Waals surface area (Å²) in [6, 6.07) is 3.83. The number of halogens is 4. The van der Waals surface area contributed by atoms with Gasteiger partial charge in [0.25, 0.3) is 0 Å². The zero-order chi connectivity index (χ0) is 14.0. The number of pyridine rings is 1. The minimum absolute atomic E-state index is 0.332. The highest BCUT2D eigenvalue weighted by Gasteiger charge is 2.14. The molecule has 2 rings (SSSR count). The van der Waals surface area contributed by atoms with Crippen molar-refractivity contribution < 1.29 is 17.6 Å². The van der Waals surface area contributed by atoms with E-state index in [0.717, 1.165) is 6.07 Å². The van der Waals surface area contributed by atoms with Gasteiger partial charge in [0.15, 0.2) is 34.9 Å². The topological polar surface area (TPSA) is 63.0 Å². The Labute approximate surface area is 105 Å². The molecule has 2 aromatic rings. The normalized spacial score (nSPS) is 10.4. The molecule has 0 fully saturated rings. The van der Waals surface area contributed by atoms with Gasteiger partial charge in [-0.1, -0.05) is 6.07 Å². The SMILES string of the molecule is NNc1nc(Nc2cccc(F)c2F)c(F)cc1F. The van der Waals surface area contributed by atoms with E-state index < -0.39 is 34.9 Å². The molecule has 4 nitrogen and oxygen atoms in total. The van der Waals surface area contributed by atoms with Crippen LogP contribution in [0.15, 0.2) is 24.3 Å². The second-order valence-electron chi connectivity index (χ2n) is 3.52.